The third kappa shape index (κ3) is 7.94. The molecule has 45 heavy (non-hydrogen) atoms. The summed E-state index contributed by atoms with van der Waals surface area (Å²) >= 11 is 0. The van der Waals surface area contributed by atoms with Gasteiger partial charge in [0.25, 0.3) is 11.5 Å². The summed E-state index contributed by atoms with van der Waals surface area (Å²) < 4.78 is 16.9. The Kier molecular flexibility index (Phi) is 10.6. The van der Waals surface area contributed by atoms with Gasteiger partial charge >= 0.3 is 0 Å². The lowest BCUT2D eigenvalue weighted by molar-refractivity contribution is -0.129. The second-order valence-electron chi connectivity index (χ2n) is 12.0. The predicted molar refractivity (Wildman–Crippen MR) is 173 cm³/mol. The third-order valence-corrected chi connectivity index (χ3v) is 8.46. The Labute approximate surface area is 262 Å². The van der Waals surface area contributed by atoms with Crippen molar-refractivity contribution in [2.75, 3.05) is 64.8 Å². The van der Waals surface area contributed by atoms with Crippen molar-refractivity contribution in [1.82, 2.24) is 30.1 Å². The van der Waals surface area contributed by atoms with Gasteiger partial charge in [0.2, 0.25) is 5.91 Å². The van der Waals surface area contributed by atoms with E-state index >= 15 is 4.39 Å². The van der Waals surface area contributed by atoms with Crippen LogP contribution in [-0.4, -0.2) is 96.3 Å². The van der Waals surface area contributed by atoms with E-state index in [2.05, 4.69) is 15.1 Å². The number of allylic oxidation sites excluding steroid dienone is 1. The number of nitrogens with one attached hydrogen (secondary N) is 2. The van der Waals surface area contributed by atoms with Gasteiger partial charge in [-0.05, 0) is 94.3 Å². The molecule has 2 aliphatic heterocycles. The third-order valence-electron chi connectivity index (χ3n) is 8.46. The van der Waals surface area contributed by atoms with E-state index in [0.717, 1.165) is 50.2 Å². The molecule has 0 aliphatic carbocycles. The highest BCUT2D eigenvalue weighted by molar-refractivity contribution is 5.94. The quantitative estimate of drug-likeness (QED) is 0.161. The molecule has 12 heteroatoms. The van der Waals surface area contributed by atoms with Crippen molar-refractivity contribution in [3.8, 4) is 0 Å². The summed E-state index contributed by atoms with van der Waals surface area (Å²) in [5, 5.41) is 11.8. The Bertz CT molecular complexity index is 1610. The maximum absolute atomic E-state index is 15.3. The monoisotopic (exact) mass is 619 g/mol. The molecule has 3 N–H and O–H groups in total. The number of carbonyl (C=O) groups excluding carboxylic acids is 2. The van der Waals surface area contributed by atoms with Gasteiger partial charge in [-0.25, -0.2) is 14.9 Å². The van der Waals surface area contributed by atoms with Crippen LogP contribution in [0.4, 0.5) is 10.1 Å². The molecule has 1 fully saturated rings. The van der Waals surface area contributed by atoms with Crippen LogP contribution in [0.5, 0.6) is 0 Å². The Hall–Kier alpha value is -4.13. The summed E-state index contributed by atoms with van der Waals surface area (Å²) in [4.78, 5) is 48.3. The first-order chi connectivity index (χ1) is 21.7. The van der Waals surface area contributed by atoms with Gasteiger partial charge in [-0.2, -0.15) is 0 Å². The molecule has 0 radical (unpaired) electrons. The van der Waals surface area contributed by atoms with Crippen LogP contribution in [-0.2, 0) is 11.3 Å². The summed E-state index contributed by atoms with van der Waals surface area (Å²) in [7, 11) is 4.01. The molecule has 3 aromatic rings. The van der Waals surface area contributed by atoms with E-state index in [1.54, 1.807) is 28.2 Å². The van der Waals surface area contributed by atoms with Crippen molar-refractivity contribution >= 4 is 40.1 Å². The number of carbonyl (C=O) groups is 2. The fraction of sp³-hybridized carbons (Fsp3) is 0.455. The molecule has 0 unspecified atom stereocenters. The van der Waals surface area contributed by atoms with Crippen molar-refractivity contribution in [3.63, 3.8) is 0 Å². The fourth-order valence-corrected chi connectivity index (χ4v) is 5.93. The minimum absolute atomic E-state index is 0.104. The second kappa shape index (κ2) is 14.8. The number of anilines is 1. The van der Waals surface area contributed by atoms with Gasteiger partial charge in [-0.15, -0.1) is 0 Å². The summed E-state index contributed by atoms with van der Waals surface area (Å²) in [5.74, 6) is -0.323. The molecule has 2 aromatic carbocycles. The lowest BCUT2D eigenvalue weighted by Gasteiger charge is -2.36. The molecule has 240 valence electrons. The van der Waals surface area contributed by atoms with Crippen molar-refractivity contribution in [1.29, 1.82) is 0 Å². The number of hydrogen-bond donors (Lipinski definition) is 3. The van der Waals surface area contributed by atoms with E-state index in [1.807, 2.05) is 37.2 Å². The van der Waals surface area contributed by atoms with Gasteiger partial charge in [0.05, 0.1) is 16.6 Å². The standard InChI is InChI=1S/C33H42FN7O4/c1-38(2)13-5-12-35-32(43)24-9-7-23(8-10-24)20-25-11-15-41-31(25)36-28-22-29(27(34)21-26(28)33(41)44)40-18-16-39(17-19-40)14-4-3-6-30(42)37-45/h7-10,20-22,45H,3-6,11-19H2,1-2H3,(H,35,43)(H,37,42). The van der Waals surface area contributed by atoms with Crippen molar-refractivity contribution in [2.24, 2.45) is 0 Å². The molecule has 0 bridgehead atoms. The number of halogens is 1. The Balaban J connectivity index is 1.26. The Morgan fingerprint density at radius 3 is 2.51 bits per heavy atom. The van der Waals surface area contributed by atoms with Gasteiger partial charge in [0.1, 0.15) is 11.6 Å². The average Bonchev–Trinajstić information content (AvgIpc) is 3.44. The molecule has 0 atom stereocenters. The van der Waals surface area contributed by atoms with Crippen LogP contribution in [0.25, 0.3) is 22.6 Å². The van der Waals surface area contributed by atoms with Crippen LogP contribution in [0.3, 0.4) is 0 Å². The van der Waals surface area contributed by atoms with Crippen molar-refractivity contribution in [2.45, 2.75) is 38.6 Å². The van der Waals surface area contributed by atoms with Gasteiger partial charge in [-0.3, -0.25) is 29.1 Å². The molecule has 1 aromatic heterocycles. The van der Waals surface area contributed by atoms with E-state index in [1.165, 1.54) is 6.07 Å². The summed E-state index contributed by atoms with van der Waals surface area (Å²) in [5.41, 5.74) is 4.75. The van der Waals surface area contributed by atoms with Crippen LogP contribution in [0, 0.1) is 5.82 Å². The van der Waals surface area contributed by atoms with Gasteiger partial charge in [0, 0.05) is 51.3 Å². The minimum atomic E-state index is -0.430. The van der Waals surface area contributed by atoms with Crippen molar-refractivity contribution in [3.05, 3.63) is 69.5 Å². The number of benzene rings is 2. The van der Waals surface area contributed by atoms with Gasteiger partial charge in [-0.1, -0.05) is 12.1 Å². The smallest absolute Gasteiger partial charge is 0.261 e. The summed E-state index contributed by atoms with van der Waals surface area (Å²) in [6.45, 7) is 5.63. The zero-order valence-electron chi connectivity index (χ0n) is 26.0. The summed E-state index contributed by atoms with van der Waals surface area (Å²) in [6, 6.07) is 10.4. The number of hydroxylamine groups is 1. The molecule has 5 rings (SSSR count). The number of unbranched alkanes of at least 4 members (excludes halogenated alkanes) is 1. The Morgan fingerprint density at radius 2 is 1.80 bits per heavy atom. The van der Waals surface area contributed by atoms with Crippen molar-refractivity contribution < 1.29 is 19.2 Å². The van der Waals surface area contributed by atoms with E-state index < -0.39 is 5.82 Å². The second-order valence-corrected chi connectivity index (χ2v) is 12.0. The van der Waals surface area contributed by atoms with E-state index in [-0.39, 0.29) is 29.2 Å². The first-order valence-electron chi connectivity index (χ1n) is 15.6. The molecule has 0 spiro atoms. The average molecular weight is 620 g/mol. The van der Waals surface area contributed by atoms with Crippen LogP contribution < -0.4 is 21.3 Å². The van der Waals surface area contributed by atoms with Crippen LogP contribution >= 0.6 is 0 Å². The number of piperazine rings is 1. The van der Waals surface area contributed by atoms with E-state index in [0.29, 0.717) is 61.6 Å². The zero-order valence-corrected chi connectivity index (χ0v) is 26.0. The molecule has 11 nitrogen and oxygen atoms in total. The van der Waals surface area contributed by atoms with Gasteiger partial charge in [0.15, 0.2) is 0 Å². The number of aromatic nitrogens is 2. The van der Waals surface area contributed by atoms with Gasteiger partial charge < -0.3 is 15.1 Å². The topological polar surface area (TPSA) is 123 Å². The Morgan fingerprint density at radius 1 is 1.04 bits per heavy atom. The van der Waals surface area contributed by atoms with E-state index in [9.17, 15) is 14.4 Å². The number of rotatable bonds is 12. The molecular formula is C33H42FN7O4. The predicted octanol–water partition coefficient (Wildman–Crippen LogP) is 2.96. The largest absolute Gasteiger partial charge is 0.367 e. The first kappa shape index (κ1) is 32.3. The molecule has 3 heterocycles. The molecule has 2 aliphatic rings. The minimum Gasteiger partial charge on any atom is -0.367 e. The summed E-state index contributed by atoms with van der Waals surface area (Å²) in [6.07, 6.45) is 5.32. The molecule has 2 amide bonds. The molecule has 1 saturated heterocycles. The number of nitrogens with zero attached hydrogens (tertiary/aromatic N) is 5. The SMILES string of the molecule is CN(C)CCCNC(=O)c1ccc(C=C2CCn3c2nc2cc(N4CCN(CCCCC(=O)NO)CC4)c(F)cc2c3=O)cc1. The fourth-order valence-electron chi connectivity index (χ4n) is 5.93. The first-order valence-corrected chi connectivity index (χ1v) is 15.6. The number of amides is 2. The lowest BCUT2D eigenvalue weighted by atomic mass is 10.1. The lowest BCUT2D eigenvalue weighted by Crippen LogP contribution is -2.47. The zero-order chi connectivity index (χ0) is 31.9. The number of fused-ring (bicyclic) bond motifs is 2. The normalized spacial score (nSPS) is 16.0. The van der Waals surface area contributed by atoms with Crippen LogP contribution in [0.2, 0.25) is 0 Å². The highest BCUT2D eigenvalue weighted by Crippen LogP contribution is 2.30. The number of hydrogen-bond acceptors (Lipinski definition) is 8. The molecular weight excluding hydrogens is 577 g/mol. The molecule has 0 saturated carbocycles. The maximum Gasteiger partial charge on any atom is 0.261 e. The van der Waals surface area contributed by atoms with E-state index in [4.69, 9.17) is 10.2 Å². The highest BCUT2D eigenvalue weighted by atomic mass is 19.1. The van der Waals surface area contributed by atoms with Crippen LogP contribution in [0.15, 0.2) is 41.2 Å². The highest BCUT2D eigenvalue weighted by Gasteiger charge is 2.24. The van der Waals surface area contributed by atoms with Crippen LogP contribution in [0.1, 0.15) is 53.8 Å². The maximum atomic E-state index is 15.3.